The maximum Gasteiger partial charge on any atom is 0.220 e. The summed E-state index contributed by atoms with van der Waals surface area (Å²) in [5, 5.41) is 54.0. The van der Waals surface area contributed by atoms with Crippen LogP contribution in [0, 0.1) is 0 Å². The zero-order valence-corrected chi connectivity index (χ0v) is 34.0. The zero-order chi connectivity index (χ0) is 39.5. The van der Waals surface area contributed by atoms with Crippen LogP contribution in [0.15, 0.2) is 60.8 Å². The van der Waals surface area contributed by atoms with Gasteiger partial charge in [-0.05, 0) is 64.2 Å². The molecule has 312 valence electrons. The van der Waals surface area contributed by atoms with Crippen LogP contribution in [-0.2, 0) is 14.3 Å². The Balaban J connectivity index is 2.44. The van der Waals surface area contributed by atoms with Crippen molar-refractivity contribution in [2.45, 2.75) is 204 Å². The molecule has 1 aliphatic heterocycles. The molecule has 0 bridgehead atoms. The van der Waals surface area contributed by atoms with Crippen molar-refractivity contribution >= 4 is 5.91 Å². The minimum absolute atomic E-state index is 0.207. The van der Waals surface area contributed by atoms with Crippen LogP contribution in [0.5, 0.6) is 0 Å². The summed E-state index contributed by atoms with van der Waals surface area (Å²) in [6.07, 6.45) is 38.3. The number of allylic oxidation sites excluding steroid dienone is 9. The minimum Gasteiger partial charge on any atom is -0.394 e. The molecule has 9 nitrogen and oxygen atoms in total. The van der Waals surface area contributed by atoms with Gasteiger partial charge < -0.3 is 40.3 Å². The number of unbranched alkanes of at least 4 members (excludes halogenated alkanes) is 16. The highest BCUT2D eigenvalue weighted by molar-refractivity contribution is 5.76. The van der Waals surface area contributed by atoms with Gasteiger partial charge in [0.2, 0.25) is 5.91 Å². The molecule has 7 unspecified atom stereocenters. The summed E-state index contributed by atoms with van der Waals surface area (Å²) >= 11 is 0. The summed E-state index contributed by atoms with van der Waals surface area (Å²) in [5.74, 6) is -0.207. The molecule has 1 fully saturated rings. The molecule has 7 atom stereocenters. The summed E-state index contributed by atoms with van der Waals surface area (Å²) in [7, 11) is 0. The molecule has 0 aromatic rings. The molecule has 1 heterocycles. The number of rotatable bonds is 34. The summed E-state index contributed by atoms with van der Waals surface area (Å²) < 4.78 is 11.2. The van der Waals surface area contributed by atoms with Gasteiger partial charge in [0.1, 0.15) is 24.4 Å². The quantitative estimate of drug-likeness (QED) is 0.0283. The van der Waals surface area contributed by atoms with Gasteiger partial charge in [0.15, 0.2) is 6.29 Å². The lowest BCUT2D eigenvalue weighted by molar-refractivity contribution is -0.302. The van der Waals surface area contributed by atoms with Crippen LogP contribution in [0.3, 0.4) is 0 Å². The van der Waals surface area contributed by atoms with Crippen molar-refractivity contribution in [3.05, 3.63) is 60.8 Å². The second-order valence-electron chi connectivity index (χ2n) is 14.7. The average molecular weight is 762 g/mol. The average Bonchev–Trinajstić information content (AvgIpc) is 3.17. The van der Waals surface area contributed by atoms with Crippen molar-refractivity contribution in [3.63, 3.8) is 0 Å². The van der Waals surface area contributed by atoms with Crippen molar-refractivity contribution in [2.75, 3.05) is 13.2 Å². The molecular formula is C45H79NO8. The van der Waals surface area contributed by atoms with Crippen LogP contribution in [0.2, 0.25) is 0 Å². The number of aliphatic hydroxyl groups excluding tert-OH is 5. The molecule has 9 heteroatoms. The van der Waals surface area contributed by atoms with E-state index in [-0.39, 0.29) is 12.5 Å². The third-order valence-electron chi connectivity index (χ3n) is 9.83. The molecule has 0 aromatic heterocycles. The fourth-order valence-electron chi connectivity index (χ4n) is 6.36. The van der Waals surface area contributed by atoms with Crippen molar-refractivity contribution in [3.8, 4) is 0 Å². The van der Waals surface area contributed by atoms with Gasteiger partial charge in [0, 0.05) is 6.42 Å². The van der Waals surface area contributed by atoms with E-state index in [1.165, 1.54) is 64.2 Å². The normalized spacial score (nSPS) is 22.1. The third-order valence-corrected chi connectivity index (χ3v) is 9.83. The molecular weight excluding hydrogens is 682 g/mol. The maximum absolute atomic E-state index is 12.9. The van der Waals surface area contributed by atoms with E-state index in [0.717, 1.165) is 77.0 Å². The van der Waals surface area contributed by atoms with Gasteiger partial charge in [-0.15, -0.1) is 0 Å². The van der Waals surface area contributed by atoms with Crippen LogP contribution in [-0.4, -0.2) is 87.5 Å². The lowest BCUT2D eigenvalue weighted by atomic mass is 9.99. The van der Waals surface area contributed by atoms with Gasteiger partial charge in [-0.3, -0.25) is 4.79 Å². The molecule has 6 N–H and O–H groups in total. The molecule has 54 heavy (non-hydrogen) atoms. The summed E-state index contributed by atoms with van der Waals surface area (Å²) in [5.41, 5.74) is 0. The summed E-state index contributed by atoms with van der Waals surface area (Å²) in [4.78, 5) is 12.9. The van der Waals surface area contributed by atoms with Crippen LogP contribution in [0.1, 0.15) is 162 Å². The Kier molecular flexibility index (Phi) is 32.6. The first-order valence-electron chi connectivity index (χ1n) is 21.5. The van der Waals surface area contributed by atoms with Crippen LogP contribution < -0.4 is 5.32 Å². The third kappa shape index (κ3) is 25.9. The standard InChI is InChI=1S/C45H79NO8/c1-3-5-7-9-11-13-15-17-19-21-22-24-26-28-30-32-34-39(48)38(37-53-45-44(52)43(51)42(50)40(36-47)54-45)46-41(49)35-33-31-29-27-25-23-20-18-16-14-12-10-8-6-4-2/h6,8,12,14,18,20,24,26,32,34,38-40,42-45,47-48,50-52H,3-5,7,9-11,13,15-17,19,21-23,25,27-31,33,35-37H2,1-2H3,(H,46,49)/b8-6-,14-12-,20-18-,26-24+,34-32+. The molecule has 1 saturated heterocycles. The maximum atomic E-state index is 12.9. The largest absolute Gasteiger partial charge is 0.394 e. The molecule has 1 rings (SSSR count). The van der Waals surface area contributed by atoms with Crippen molar-refractivity contribution in [1.82, 2.24) is 5.32 Å². The van der Waals surface area contributed by atoms with Gasteiger partial charge in [-0.25, -0.2) is 0 Å². The van der Waals surface area contributed by atoms with Crippen molar-refractivity contribution in [2.24, 2.45) is 0 Å². The van der Waals surface area contributed by atoms with E-state index >= 15 is 0 Å². The molecule has 0 radical (unpaired) electrons. The first kappa shape index (κ1) is 49.9. The van der Waals surface area contributed by atoms with E-state index < -0.39 is 49.5 Å². The lowest BCUT2D eigenvalue weighted by Gasteiger charge is -2.40. The van der Waals surface area contributed by atoms with Gasteiger partial charge in [-0.2, -0.15) is 0 Å². The Morgan fingerprint density at radius 2 is 1.17 bits per heavy atom. The van der Waals surface area contributed by atoms with Gasteiger partial charge >= 0.3 is 0 Å². The van der Waals surface area contributed by atoms with E-state index in [0.29, 0.717) is 6.42 Å². The Morgan fingerprint density at radius 1 is 0.648 bits per heavy atom. The minimum atomic E-state index is -1.58. The van der Waals surface area contributed by atoms with E-state index in [2.05, 4.69) is 67.8 Å². The fraction of sp³-hybridized carbons (Fsp3) is 0.756. The van der Waals surface area contributed by atoms with Crippen LogP contribution in [0.4, 0.5) is 0 Å². The first-order valence-corrected chi connectivity index (χ1v) is 21.5. The predicted octanol–water partition coefficient (Wildman–Crippen LogP) is 8.44. The zero-order valence-electron chi connectivity index (χ0n) is 34.0. The Hall–Kier alpha value is -2.11. The topological polar surface area (TPSA) is 149 Å². The SMILES string of the molecule is CC/C=C\C/C=C\C/C=C\CCCCCCCC(=O)NC(COC1OC(CO)C(O)C(O)C1O)C(O)/C=C/CC/C=C/CCCCCCCCCCCC. The summed E-state index contributed by atoms with van der Waals surface area (Å²) in [6.45, 7) is 3.61. The Labute approximate surface area is 328 Å². The van der Waals surface area contributed by atoms with E-state index in [1.807, 2.05) is 6.08 Å². The highest BCUT2D eigenvalue weighted by Gasteiger charge is 2.44. The number of carbonyl (C=O) groups is 1. The number of nitrogens with one attached hydrogen (secondary N) is 1. The smallest absolute Gasteiger partial charge is 0.220 e. The van der Waals surface area contributed by atoms with Crippen molar-refractivity contribution < 1.29 is 39.8 Å². The Bertz CT molecular complexity index is 1030. The number of amides is 1. The second-order valence-corrected chi connectivity index (χ2v) is 14.7. The van der Waals surface area contributed by atoms with E-state index in [4.69, 9.17) is 9.47 Å². The van der Waals surface area contributed by atoms with Gasteiger partial charge in [0.05, 0.1) is 25.4 Å². The van der Waals surface area contributed by atoms with Crippen molar-refractivity contribution in [1.29, 1.82) is 0 Å². The second kappa shape index (κ2) is 35.3. The number of aliphatic hydroxyl groups is 5. The molecule has 0 saturated carbocycles. The fourth-order valence-corrected chi connectivity index (χ4v) is 6.36. The Morgan fingerprint density at radius 3 is 1.78 bits per heavy atom. The molecule has 1 aliphatic rings. The van der Waals surface area contributed by atoms with E-state index in [9.17, 15) is 30.3 Å². The molecule has 1 amide bonds. The number of carbonyl (C=O) groups excluding carboxylic acids is 1. The first-order chi connectivity index (χ1) is 26.3. The van der Waals surface area contributed by atoms with Gasteiger partial charge in [0.25, 0.3) is 0 Å². The van der Waals surface area contributed by atoms with Gasteiger partial charge in [-0.1, -0.05) is 152 Å². The van der Waals surface area contributed by atoms with Crippen LogP contribution in [0.25, 0.3) is 0 Å². The number of hydrogen-bond acceptors (Lipinski definition) is 8. The lowest BCUT2D eigenvalue weighted by Crippen LogP contribution is -2.60. The predicted molar refractivity (Wildman–Crippen MR) is 221 cm³/mol. The highest BCUT2D eigenvalue weighted by Crippen LogP contribution is 2.22. The highest BCUT2D eigenvalue weighted by atomic mass is 16.7. The van der Waals surface area contributed by atoms with E-state index in [1.54, 1.807) is 6.08 Å². The van der Waals surface area contributed by atoms with Crippen LogP contribution >= 0.6 is 0 Å². The monoisotopic (exact) mass is 762 g/mol. The number of ether oxygens (including phenoxy) is 2. The molecule has 0 aliphatic carbocycles. The molecule has 0 spiro atoms. The summed E-state index contributed by atoms with van der Waals surface area (Å²) in [6, 6.07) is -0.831. The molecule has 0 aromatic carbocycles. The number of hydrogen-bond donors (Lipinski definition) is 6.